The molecule has 3 amide bonds. The highest BCUT2D eigenvalue weighted by molar-refractivity contribution is 6.33. The maximum absolute atomic E-state index is 13.0. The van der Waals surface area contributed by atoms with Crippen molar-refractivity contribution in [3.8, 4) is 0 Å². The molecule has 8 heteroatoms. The van der Waals surface area contributed by atoms with Gasteiger partial charge in [0, 0.05) is 16.8 Å². The Morgan fingerprint density at radius 3 is 2.48 bits per heavy atom. The van der Waals surface area contributed by atoms with E-state index in [1.54, 1.807) is 39.8 Å². The molecule has 0 saturated carbocycles. The topological polar surface area (TPSA) is 92.3 Å². The van der Waals surface area contributed by atoms with E-state index in [0.717, 1.165) is 4.90 Å². The number of imide groups is 1. The molecule has 1 unspecified atom stereocenters. The summed E-state index contributed by atoms with van der Waals surface area (Å²) < 4.78 is 0. The zero-order valence-electron chi connectivity index (χ0n) is 15.4. The minimum Gasteiger partial charge on any atom is -0.333 e. The van der Waals surface area contributed by atoms with E-state index in [4.69, 9.17) is 11.6 Å². The lowest BCUT2D eigenvalue weighted by Crippen LogP contribution is -2.50. The summed E-state index contributed by atoms with van der Waals surface area (Å²) in [7, 11) is 0. The minimum absolute atomic E-state index is 0.0583. The molecule has 0 radical (unpaired) electrons. The molecule has 1 N–H and O–H groups in total. The lowest BCUT2D eigenvalue weighted by molar-refractivity contribution is -0.117. The number of aryl methyl sites for hydroxylation is 1. The zero-order valence-corrected chi connectivity index (χ0v) is 16.2. The van der Waals surface area contributed by atoms with Gasteiger partial charge in [-0.25, -0.2) is 14.7 Å². The van der Waals surface area contributed by atoms with Crippen LogP contribution in [0.5, 0.6) is 0 Å². The van der Waals surface area contributed by atoms with Crippen molar-refractivity contribution < 1.29 is 14.4 Å². The number of Topliss-reactive ketones (excluding diaryl/α,β-unsaturated/α-hetero) is 1. The molecule has 1 aliphatic heterocycles. The van der Waals surface area contributed by atoms with Gasteiger partial charge in [-0.05, 0) is 51.5 Å². The number of urea groups is 1. The van der Waals surface area contributed by atoms with Gasteiger partial charge in [0.2, 0.25) is 0 Å². The van der Waals surface area contributed by atoms with Crippen molar-refractivity contribution in [2.75, 3.05) is 4.90 Å². The first-order chi connectivity index (χ1) is 12.6. The fourth-order valence-electron chi connectivity index (χ4n) is 2.85. The molecule has 1 atom stereocenters. The highest BCUT2D eigenvalue weighted by Gasteiger charge is 2.46. The van der Waals surface area contributed by atoms with E-state index in [1.165, 1.54) is 18.5 Å². The quantitative estimate of drug-likeness (QED) is 0.631. The molecule has 3 rings (SSSR count). The van der Waals surface area contributed by atoms with Gasteiger partial charge in [0.25, 0.3) is 5.91 Å². The number of carbonyl (C=O) groups is 3. The van der Waals surface area contributed by atoms with Gasteiger partial charge in [-0.1, -0.05) is 11.6 Å². The molecule has 0 bridgehead atoms. The number of rotatable bonds is 2. The molecule has 1 aliphatic rings. The second kappa shape index (κ2) is 6.74. The molecule has 140 valence electrons. The molecule has 0 spiro atoms. The van der Waals surface area contributed by atoms with Crippen LogP contribution in [-0.4, -0.2) is 33.2 Å². The number of amides is 3. The highest BCUT2D eigenvalue weighted by Crippen LogP contribution is 2.40. The standard InChI is InChI=1S/C19H19ClN4O3/c1-10-8-22-13(9-21-10)16(25)15-12-7-11(20)5-6-14(12)24(17(15)26)18(27)23-19(2,3)4/h5-9,15H,1-4H3,(H,23,27). The van der Waals surface area contributed by atoms with E-state index in [-0.39, 0.29) is 5.69 Å². The summed E-state index contributed by atoms with van der Waals surface area (Å²) in [5, 5.41) is 3.12. The Labute approximate surface area is 161 Å². The summed E-state index contributed by atoms with van der Waals surface area (Å²) in [6.07, 6.45) is 2.78. The SMILES string of the molecule is Cc1cnc(C(=O)C2C(=O)N(C(=O)NC(C)(C)C)c3ccc(Cl)cc32)cn1. The van der Waals surface area contributed by atoms with Crippen molar-refractivity contribution in [1.29, 1.82) is 0 Å². The number of hydrogen-bond donors (Lipinski definition) is 1. The predicted molar refractivity (Wildman–Crippen MR) is 101 cm³/mol. The lowest BCUT2D eigenvalue weighted by atomic mass is 9.94. The van der Waals surface area contributed by atoms with Crippen LogP contribution in [-0.2, 0) is 4.79 Å². The van der Waals surface area contributed by atoms with E-state index >= 15 is 0 Å². The molecular weight excluding hydrogens is 368 g/mol. The van der Waals surface area contributed by atoms with E-state index in [1.807, 2.05) is 0 Å². The number of carbonyl (C=O) groups excluding carboxylic acids is 3. The van der Waals surface area contributed by atoms with Gasteiger partial charge in [-0.2, -0.15) is 0 Å². The van der Waals surface area contributed by atoms with Crippen LogP contribution < -0.4 is 10.2 Å². The van der Waals surface area contributed by atoms with Crippen LogP contribution in [0.1, 0.15) is 48.4 Å². The first kappa shape index (κ1) is 19.0. The maximum atomic E-state index is 13.0. The maximum Gasteiger partial charge on any atom is 0.329 e. The average Bonchev–Trinajstić information content (AvgIpc) is 2.84. The van der Waals surface area contributed by atoms with Gasteiger partial charge in [-0.15, -0.1) is 0 Å². The number of benzene rings is 1. The van der Waals surface area contributed by atoms with Crippen LogP contribution in [0.25, 0.3) is 0 Å². The third-order valence-electron chi connectivity index (χ3n) is 3.99. The molecular formula is C19H19ClN4O3. The van der Waals surface area contributed by atoms with Crippen molar-refractivity contribution in [1.82, 2.24) is 15.3 Å². The molecule has 0 aliphatic carbocycles. The molecule has 1 aromatic heterocycles. The fourth-order valence-corrected chi connectivity index (χ4v) is 3.03. The van der Waals surface area contributed by atoms with Gasteiger partial charge in [0.1, 0.15) is 11.6 Å². The first-order valence-corrected chi connectivity index (χ1v) is 8.75. The number of hydrogen-bond acceptors (Lipinski definition) is 5. The van der Waals surface area contributed by atoms with Crippen LogP contribution in [0.15, 0.2) is 30.6 Å². The van der Waals surface area contributed by atoms with Crippen LogP contribution >= 0.6 is 11.6 Å². The van der Waals surface area contributed by atoms with Crippen molar-refractivity contribution in [3.05, 3.63) is 52.6 Å². The number of fused-ring (bicyclic) bond motifs is 1. The van der Waals surface area contributed by atoms with Crippen LogP contribution in [0.4, 0.5) is 10.5 Å². The Balaban J connectivity index is 2.05. The van der Waals surface area contributed by atoms with Crippen molar-refractivity contribution in [2.24, 2.45) is 0 Å². The van der Waals surface area contributed by atoms with Gasteiger partial charge in [-0.3, -0.25) is 14.6 Å². The summed E-state index contributed by atoms with van der Waals surface area (Å²) in [6.45, 7) is 7.16. The first-order valence-electron chi connectivity index (χ1n) is 8.37. The summed E-state index contributed by atoms with van der Waals surface area (Å²) >= 11 is 6.07. The molecule has 0 saturated heterocycles. The van der Waals surface area contributed by atoms with Crippen molar-refractivity contribution in [2.45, 2.75) is 39.2 Å². The number of nitrogens with zero attached hydrogens (tertiary/aromatic N) is 3. The second-order valence-corrected chi connectivity index (χ2v) is 7.83. The second-order valence-electron chi connectivity index (χ2n) is 7.40. The van der Waals surface area contributed by atoms with Crippen molar-refractivity contribution >= 4 is 35.0 Å². The Morgan fingerprint density at radius 2 is 1.89 bits per heavy atom. The monoisotopic (exact) mass is 386 g/mol. The number of anilines is 1. The Hall–Kier alpha value is -2.80. The average molecular weight is 387 g/mol. The zero-order chi connectivity index (χ0) is 19.9. The number of ketones is 1. The number of nitrogens with one attached hydrogen (secondary N) is 1. The summed E-state index contributed by atoms with van der Waals surface area (Å²) in [6, 6.07) is 4.07. The Morgan fingerprint density at radius 1 is 1.19 bits per heavy atom. The summed E-state index contributed by atoms with van der Waals surface area (Å²) in [5.41, 5.74) is 0.879. The molecule has 27 heavy (non-hydrogen) atoms. The Kier molecular flexibility index (Phi) is 4.73. The van der Waals surface area contributed by atoms with E-state index in [9.17, 15) is 14.4 Å². The highest BCUT2D eigenvalue weighted by atomic mass is 35.5. The molecule has 1 aromatic carbocycles. The van der Waals surface area contributed by atoms with Gasteiger partial charge >= 0.3 is 6.03 Å². The largest absolute Gasteiger partial charge is 0.333 e. The van der Waals surface area contributed by atoms with Crippen molar-refractivity contribution in [3.63, 3.8) is 0 Å². The van der Waals surface area contributed by atoms with Crippen LogP contribution in [0, 0.1) is 6.92 Å². The third kappa shape index (κ3) is 3.68. The number of halogens is 1. The molecule has 7 nitrogen and oxygen atoms in total. The van der Waals surface area contributed by atoms with Crippen LogP contribution in [0.3, 0.4) is 0 Å². The third-order valence-corrected chi connectivity index (χ3v) is 4.22. The molecule has 2 heterocycles. The summed E-state index contributed by atoms with van der Waals surface area (Å²) in [4.78, 5) is 47.8. The lowest BCUT2D eigenvalue weighted by Gasteiger charge is -2.25. The van der Waals surface area contributed by atoms with E-state index in [0.29, 0.717) is 22.0 Å². The van der Waals surface area contributed by atoms with E-state index < -0.39 is 29.2 Å². The van der Waals surface area contributed by atoms with E-state index in [2.05, 4.69) is 15.3 Å². The van der Waals surface area contributed by atoms with Gasteiger partial charge in [0.15, 0.2) is 5.78 Å². The normalized spacial score (nSPS) is 16.3. The predicted octanol–water partition coefficient (Wildman–Crippen LogP) is 3.26. The van der Waals surface area contributed by atoms with Gasteiger partial charge < -0.3 is 5.32 Å². The molecule has 2 aromatic rings. The van der Waals surface area contributed by atoms with Gasteiger partial charge in [0.05, 0.1) is 17.6 Å². The Bertz CT molecular complexity index is 935. The minimum atomic E-state index is -1.19. The fraction of sp³-hybridized carbons (Fsp3) is 0.316. The summed E-state index contributed by atoms with van der Waals surface area (Å²) in [5.74, 6) is -2.36. The smallest absolute Gasteiger partial charge is 0.329 e. The van der Waals surface area contributed by atoms with Crippen LogP contribution in [0.2, 0.25) is 5.02 Å². The molecule has 0 fully saturated rings. The number of aromatic nitrogens is 2.